The average molecular weight is 436 g/mol. The number of hydrogen-bond acceptors (Lipinski definition) is 4. The van der Waals surface area contributed by atoms with E-state index in [2.05, 4.69) is 14.9 Å². The van der Waals surface area contributed by atoms with Crippen molar-refractivity contribution in [1.82, 2.24) is 9.62 Å². The van der Waals surface area contributed by atoms with Crippen LogP contribution in [0.3, 0.4) is 0 Å². The normalized spacial score (nSPS) is 17.8. The zero-order valence-electron chi connectivity index (χ0n) is 16.4. The Bertz CT molecular complexity index is 948. The molecule has 0 aliphatic carbocycles. The van der Waals surface area contributed by atoms with Crippen molar-refractivity contribution < 1.29 is 13.2 Å². The van der Waals surface area contributed by atoms with Crippen LogP contribution in [0, 0.1) is 12.8 Å². The summed E-state index contributed by atoms with van der Waals surface area (Å²) in [7, 11) is -3.52. The molecule has 1 fully saturated rings. The summed E-state index contributed by atoms with van der Waals surface area (Å²) in [5.74, 6) is 0.0380. The lowest BCUT2D eigenvalue weighted by Crippen LogP contribution is -2.43. The maximum Gasteiger partial charge on any atom is 0.240 e. The van der Waals surface area contributed by atoms with Gasteiger partial charge >= 0.3 is 0 Å². The van der Waals surface area contributed by atoms with E-state index in [0.29, 0.717) is 23.8 Å². The molecule has 0 radical (unpaired) electrons. The highest BCUT2D eigenvalue weighted by molar-refractivity contribution is 7.89. The van der Waals surface area contributed by atoms with Crippen molar-refractivity contribution in [3.05, 3.63) is 59.1 Å². The molecule has 1 aliphatic rings. The minimum absolute atomic E-state index is 0.126. The highest BCUT2D eigenvalue weighted by Gasteiger charge is 2.24. The highest BCUT2D eigenvalue weighted by atomic mass is 35.5. The largest absolute Gasteiger partial charge is 0.324 e. The number of hydrogen-bond donors (Lipinski definition) is 2. The minimum atomic E-state index is -3.52. The van der Waals surface area contributed by atoms with E-state index < -0.39 is 10.0 Å². The molecule has 1 aliphatic heterocycles. The molecule has 2 aromatic carbocycles. The van der Waals surface area contributed by atoms with Gasteiger partial charge in [-0.3, -0.25) is 9.69 Å². The van der Waals surface area contributed by atoms with Crippen LogP contribution in [0.2, 0.25) is 5.02 Å². The maximum atomic E-state index is 12.5. The van der Waals surface area contributed by atoms with Crippen LogP contribution in [0.5, 0.6) is 0 Å². The molecule has 6 nitrogen and oxygen atoms in total. The fraction of sp³-hybridized carbons (Fsp3) is 0.381. The third-order valence-corrected chi connectivity index (χ3v) is 6.78. The fourth-order valence-corrected chi connectivity index (χ4v) is 4.74. The highest BCUT2D eigenvalue weighted by Crippen LogP contribution is 2.21. The number of amides is 1. The number of rotatable bonds is 7. The summed E-state index contributed by atoms with van der Waals surface area (Å²) in [6, 6.07) is 13.9. The number of nitrogens with one attached hydrogen (secondary N) is 2. The third-order valence-electron chi connectivity index (χ3n) is 5.01. The number of anilines is 1. The molecule has 0 aromatic heterocycles. The zero-order chi connectivity index (χ0) is 20.9. The van der Waals surface area contributed by atoms with Gasteiger partial charge in [0.2, 0.25) is 15.9 Å². The van der Waals surface area contributed by atoms with Crippen LogP contribution in [0.15, 0.2) is 53.4 Å². The maximum absolute atomic E-state index is 12.5. The predicted molar refractivity (Wildman–Crippen MR) is 116 cm³/mol. The Kier molecular flexibility index (Phi) is 7.29. The molecule has 1 heterocycles. The van der Waals surface area contributed by atoms with Crippen molar-refractivity contribution in [2.24, 2.45) is 5.92 Å². The number of benzene rings is 2. The van der Waals surface area contributed by atoms with Gasteiger partial charge in [-0.2, -0.15) is 0 Å². The molecule has 1 amide bonds. The van der Waals surface area contributed by atoms with Crippen LogP contribution in [0.25, 0.3) is 0 Å². The SMILES string of the molecule is Cc1ccc(S(=O)(=O)NCC2CCCN(CC(=O)Nc3ccccc3Cl)C2)cc1. The van der Waals surface area contributed by atoms with Crippen LogP contribution in [-0.2, 0) is 14.8 Å². The number of likely N-dealkylation sites (tertiary alicyclic amines) is 1. The van der Waals surface area contributed by atoms with E-state index >= 15 is 0 Å². The number of sulfonamides is 1. The van der Waals surface area contributed by atoms with Crippen LogP contribution in [0.4, 0.5) is 5.69 Å². The molecule has 1 atom stereocenters. The Balaban J connectivity index is 1.50. The zero-order valence-corrected chi connectivity index (χ0v) is 18.0. The quantitative estimate of drug-likeness (QED) is 0.699. The summed E-state index contributed by atoms with van der Waals surface area (Å²) in [6.45, 7) is 4.02. The number of halogens is 1. The number of piperidine rings is 1. The number of para-hydroxylation sites is 1. The Hall–Kier alpha value is -1.93. The predicted octanol–water partition coefficient (Wildman–Crippen LogP) is 3.28. The number of carbonyl (C=O) groups is 1. The second kappa shape index (κ2) is 9.71. The molecule has 3 rings (SSSR count). The molecule has 0 spiro atoms. The number of carbonyl (C=O) groups excluding carboxylic acids is 1. The third kappa shape index (κ3) is 6.27. The fourth-order valence-electron chi connectivity index (χ4n) is 3.45. The molecule has 156 valence electrons. The van der Waals surface area contributed by atoms with Gasteiger partial charge < -0.3 is 5.32 Å². The summed E-state index contributed by atoms with van der Waals surface area (Å²) < 4.78 is 27.7. The van der Waals surface area contributed by atoms with Gasteiger partial charge in [-0.15, -0.1) is 0 Å². The van der Waals surface area contributed by atoms with Gasteiger partial charge in [-0.25, -0.2) is 13.1 Å². The molecular formula is C21H26ClN3O3S. The van der Waals surface area contributed by atoms with Gasteiger partial charge in [0.05, 0.1) is 22.2 Å². The Morgan fingerprint density at radius 3 is 2.62 bits per heavy atom. The molecule has 2 N–H and O–H groups in total. The van der Waals surface area contributed by atoms with E-state index in [1.807, 2.05) is 19.1 Å². The van der Waals surface area contributed by atoms with E-state index in [-0.39, 0.29) is 23.3 Å². The second-order valence-electron chi connectivity index (χ2n) is 7.44. The monoisotopic (exact) mass is 435 g/mol. The average Bonchev–Trinajstić information content (AvgIpc) is 2.69. The first kappa shape index (κ1) is 21.8. The summed E-state index contributed by atoms with van der Waals surface area (Å²) >= 11 is 6.08. The van der Waals surface area contributed by atoms with Gasteiger partial charge in [0.25, 0.3) is 0 Å². The lowest BCUT2D eigenvalue weighted by molar-refractivity contribution is -0.117. The van der Waals surface area contributed by atoms with Crippen molar-refractivity contribution in [3.63, 3.8) is 0 Å². The van der Waals surface area contributed by atoms with E-state index in [0.717, 1.165) is 24.9 Å². The lowest BCUT2D eigenvalue weighted by atomic mass is 9.98. The molecule has 2 aromatic rings. The molecule has 1 saturated heterocycles. The Morgan fingerprint density at radius 2 is 1.90 bits per heavy atom. The van der Waals surface area contributed by atoms with E-state index in [1.54, 1.807) is 36.4 Å². The van der Waals surface area contributed by atoms with Crippen LogP contribution < -0.4 is 10.0 Å². The van der Waals surface area contributed by atoms with Gasteiger partial charge in [0.1, 0.15) is 0 Å². The summed E-state index contributed by atoms with van der Waals surface area (Å²) in [6.07, 6.45) is 1.86. The summed E-state index contributed by atoms with van der Waals surface area (Å²) in [5, 5.41) is 3.33. The van der Waals surface area contributed by atoms with Gasteiger partial charge in [0, 0.05) is 13.1 Å². The summed E-state index contributed by atoms with van der Waals surface area (Å²) in [5.41, 5.74) is 1.61. The number of nitrogens with zero attached hydrogens (tertiary/aromatic N) is 1. The van der Waals surface area contributed by atoms with Crippen molar-refractivity contribution in [2.75, 3.05) is 31.5 Å². The van der Waals surface area contributed by atoms with Crippen molar-refractivity contribution in [3.8, 4) is 0 Å². The Labute approximate surface area is 177 Å². The van der Waals surface area contributed by atoms with E-state index in [1.165, 1.54) is 0 Å². The molecule has 0 saturated carbocycles. The van der Waals surface area contributed by atoms with Crippen molar-refractivity contribution in [1.29, 1.82) is 0 Å². The first-order chi connectivity index (χ1) is 13.8. The van der Waals surface area contributed by atoms with Gasteiger partial charge in [-0.05, 0) is 56.5 Å². The molecule has 1 unspecified atom stereocenters. The van der Waals surface area contributed by atoms with E-state index in [9.17, 15) is 13.2 Å². The minimum Gasteiger partial charge on any atom is -0.324 e. The molecule has 0 bridgehead atoms. The summed E-state index contributed by atoms with van der Waals surface area (Å²) in [4.78, 5) is 14.7. The van der Waals surface area contributed by atoms with Crippen LogP contribution >= 0.6 is 11.6 Å². The molecule has 29 heavy (non-hydrogen) atoms. The first-order valence-electron chi connectivity index (χ1n) is 9.66. The van der Waals surface area contributed by atoms with Crippen LogP contribution in [-0.4, -0.2) is 45.4 Å². The second-order valence-corrected chi connectivity index (χ2v) is 9.61. The molecular weight excluding hydrogens is 410 g/mol. The lowest BCUT2D eigenvalue weighted by Gasteiger charge is -2.32. The number of aryl methyl sites for hydroxylation is 1. The van der Waals surface area contributed by atoms with Gasteiger partial charge in [-0.1, -0.05) is 41.4 Å². The van der Waals surface area contributed by atoms with Crippen molar-refractivity contribution >= 4 is 33.2 Å². The topological polar surface area (TPSA) is 78.5 Å². The standard InChI is InChI=1S/C21H26ClN3O3S/c1-16-8-10-18(11-9-16)29(27,28)23-13-17-5-4-12-25(14-17)15-21(26)24-20-7-3-2-6-19(20)22/h2-3,6-11,17,23H,4-5,12-15H2,1H3,(H,24,26). The van der Waals surface area contributed by atoms with Gasteiger partial charge in [0.15, 0.2) is 0 Å². The van der Waals surface area contributed by atoms with Crippen molar-refractivity contribution in [2.45, 2.75) is 24.7 Å². The Morgan fingerprint density at radius 1 is 1.17 bits per heavy atom. The van der Waals surface area contributed by atoms with E-state index in [4.69, 9.17) is 11.6 Å². The first-order valence-corrected chi connectivity index (χ1v) is 11.5. The smallest absolute Gasteiger partial charge is 0.240 e. The van der Waals surface area contributed by atoms with Crippen LogP contribution in [0.1, 0.15) is 18.4 Å². The molecule has 8 heteroatoms.